The Balaban J connectivity index is 1.25. The molecule has 2 aromatic carbocycles. The maximum absolute atomic E-state index is 13.5. The summed E-state index contributed by atoms with van der Waals surface area (Å²) in [5.74, 6) is -0.0319. The third-order valence-electron chi connectivity index (χ3n) is 6.60. The van der Waals surface area contributed by atoms with Gasteiger partial charge in [-0.2, -0.15) is 0 Å². The van der Waals surface area contributed by atoms with Gasteiger partial charge in [-0.25, -0.2) is 14.4 Å². The van der Waals surface area contributed by atoms with E-state index in [1.54, 1.807) is 29.5 Å². The zero-order chi connectivity index (χ0) is 25.8. The molecule has 0 spiro atoms. The van der Waals surface area contributed by atoms with E-state index in [0.29, 0.717) is 17.2 Å². The van der Waals surface area contributed by atoms with Crippen LogP contribution in [0.3, 0.4) is 0 Å². The second kappa shape index (κ2) is 11.3. The SMILES string of the molecule is Cc1cnc(NCCCN2CCN(C)CC2)nc1-c1cc2ccc(C(=O)Nc3cccc(F)c3)cc2s1. The van der Waals surface area contributed by atoms with Crippen molar-refractivity contribution in [2.45, 2.75) is 13.3 Å². The summed E-state index contributed by atoms with van der Waals surface area (Å²) in [6.45, 7) is 8.42. The van der Waals surface area contributed by atoms with Gasteiger partial charge in [0.1, 0.15) is 5.82 Å². The third kappa shape index (κ3) is 6.30. The van der Waals surface area contributed by atoms with Crippen LogP contribution >= 0.6 is 11.3 Å². The monoisotopic (exact) mass is 518 g/mol. The Labute approximate surface area is 220 Å². The van der Waals surface area contributed by atoms with Crippen molar-refractivity contribution in [3.05, 3.63) is 71.7 Å². The first kappa shape index (κ1) is 25.3. The molecule has 0 atom stereocenters. The molecule has 1 aliphatic rings. The number of thiophene rings is 1. The lowest BCUT2D eigenvalue weighted by molar-refractivity contribution is 0.102. The molecule has 1 amide bonds. The van der Waals surface area contributed by atoms with Crippen molar-refractivity contribution < 1.29 is 9.18 Å². The largest absolute Gasteiger partial charge is 0.354 e. The van der Waals surface area contributed by atoms with E-state index in [-0.39, 0.29) is 11.7 Å². The topological polar surface area (TPSA) is 73.4 Å². The summed E-state index contributed by atoms with van der Waals surface area (Å²) in [5, 5.41) is 7.18. The fourth-order valence-electron chi connectivity index (χ4n) is 4.41. The maximum Gasteiger partial charge on any atom is 0.255 e. The molecule has 0 radical (unpaired) electrons. The zero-order valence-electron chi connectivity index (χ0n) is 21.1. The highest BCUT2D eigenvalue weighted by Crippen LogP contribution is 2.35. The number of amides is 1. The number of carbonyl (C=O) groups is 1. The number of piperazine rings is 1. The van der Waals surface area contributed by atoms with Crippen LogP contribution in [-0.4, -0.2) is 72.0 Å². The fraction of sp³-hybridized carbons (Fsp3) is 0.321. The number of nitrogens with one attached hydrogen (secondary N) is 2. The minimum atomic E-state index is -0.389. The van der Waals surface area contributed by atoms with E-state index in [4.69, 9.17) is 4.98 Å². The normalized spacial score (nSPS) is 14.7. The molecule has 1 fully saturated rings. The summed E-state index contributed by atoms with van der Waals surface area (Å²) in [5.41, 5.74) is 2.84. The van der Waals surface area contributed by atoms with Gasteiger partial charge in [-0.15, -0.1) is 11.3 Å². The van der Waals surface area contributed by atoms with Crippen LogP contribution in [0.15, 0.2) is 54.7 Å². The van der Waals surface area contributed by atoms with Gasteiger partial charge in [0.05, 0.1) is 10.6 Å². The number of anilines is 2. The fourth-order valence-corrected chi connectivity index (χ4v) is 5.57. The number of hydrogen-bond donors (Lipinski definition) is 2. The lowest BCUT2D eigenvalue weighted by Gasteiger charge is -2.32. The number of nitrogens with zero attached hydrogens (tertiary/aromatic N) is 4. The molecule has 9 heteroatoms. The molecule has 5 rings (SSSR count). The van der Waals surface area contributed by atoms with Gasteiger partial charge in [-0.3, -0.25) is 4.79 Å². The number of halogens is 1. The summed E-state index contributed by atoms with van der Waals surface area (Å²) >= 11 is 1.59. The number of hydrogen-bond acceptors (Lipinski definition) is 7. The van der Waals surface area contributed by atoms with Crippen LogP contribution in [0.2, 0.25) is 0 Å². The first-order valence-electron chi connectivity index (χ1n) is 12.5. The molecular formula is C28H31FN6OS. The van der Waals surface area contributed by atoms with E-state index in [0.717, 1.165) is 71.9 Å². The highest BCUT2D eigenvalue weighted by Gasteiger charge is 2.15. The van der Waals surface area contributed by atoms with Crippen molar-refractivity contribution in [2.75, 3.05) is 56.9 Å². The van der Waals surface area contributed by atoms with Crippen molar-refractivity contribution in [3.8, 4) is 10.6 Å². The predicted octanol–water partition coefficient (Wildman–Crippen LogP) is 5.11. The van der Waals surface area contributed by atoms with Crippen molar-refractivity contribution in [1.29, 1.82) is 0 Å². The molecule has 0 unspecified atom stereocenters. The first-order valence-corrected chi connectivity index (χ1v) is 13.4. The van der Waals surface area contributed by atoms with Crippen LogP contribution in [0.4, 0.5) is 16.0 Å². The van der Waals surface area contributed by atoms with E-state index in [1.807, 2.05) is 25.3 Å². The Morgan fingerprint density at radius 2 is 1.95 bits per heavy atom. The summed E-state index contributed by atoms with van der Waals surface area (Å²) in [7, 11) is 2.17. The van der Waals surface area contributed by atoms with Gasteiger partial charge in [0.15, 0.2) is 0 Å². The quantitative estimate of drug-likeness (QED) is 0.316. The van der Waals surface area contributed by atoms with Gasteiger partial charge in [-0.1, -0.05) is 12.1 Å². The summed E-state index contributed by atoms with van der Waals surface area (Å²) in [6.07, 6.45) is 2.90. The second-order valence-corrected chi connectivity index (χ2v) is 10.6. The lowest BCUT2D eigenvalue weighted by Crippen LogP contribution is -2.44. The molecule has 2 N–H and O–H groups in total. The van der Waals surface area contributed by atoms with Crippen molar-refractivity contribution >= 4 is 39.0 Å². The molecule has 0 aliphatic carbocycles. The van der Waals surface area contributed by atoms with Gasteiger partial charge in [0, 0.05) is 54.9 Å². The molecule has 4 aromatic rings. The molecule has 192 valence electrons. The van der Waals surface area contributed by atoms with E-state index in [9.17, 15) is 9.18 Å². The molecule has 7 nitrogen and oxygen atoms in total. The number of carbonyl (C=O) groups excluding carboxylic acids is 1. The number of fused-ring (bicyclic) bond motifs is 1. The second-order valence-electron chi connectivity index (χ2n) is 9.48. The van der Waals surface area contributed by atoms with Crippen LogP contribution in [0, 0.1) is 12.7 Å². The van der Waals surface area contributed by atoms with Crippen LogP contribution in [-0.2, 0) is 0 Å². The van der Waals surface area contributed by atoms with Crippen molar-refractivity contribution in [1.82, 2.24) is 19.8 Å². The smallest absolute Gasteiger partial charge is 0.255 e. The first-order chi connectivity index (χ1) is 17.9. The molecule has 0 saturated carbocycles. The summed E-state index contributed by atoms with van der Waals surface area (Å²) in [6, 6.07) is 13.6. The van der Waals surface area contributed by atoms with Crippen molar-refractivity contribution in [3.63, 3.8) is 0 Å². The maximum atomic E-state index is 13.5. The van der Waals surface area contributed by atoms with Gasteiger partial charge in [-0.05, 0) is 74.3 Å². The lowest BCUT2D eigenvalue weighted by atomic mass is 10.1. The van der Waals surface area contributed by atoms with E-state index < -0.39 is 0 Å². The number of aryl methyl sites for hydroxylation is 1. The number of rotatable bonds is 8. The Bertz CT molecular complexity index is 1400. The molecule has 3 heterocycles. The number of benzene rings is 2. The Hall–Kier alpha value is -3.40. The van der Waals surface area contributed by atoms with E-state index in [2.05, 4.69) is 38.5 Å². The Kier molecular flexibility index (Phi) is 7.73. The standard InChI is InChI=1S/C28H31FN6OS/c1-19-18-31-28(30-9-4-10-35-13-11-34(2)12-14-35)33-26(19)25-15-20-7-8-21(16-24(20)37-25)27(36)32-23-6-3-5-22(29)17-23/h3,5-8,15-18H,4,9-14H2,1-2H3,(H,32,36)(H,30,31,33). The van der Waals surface area contributed by atoms with Gasteiger partial charge in [0.2, 0.25) is 5.95 Å². The summed E-state index contributed by atoms with van der Waals surface area (Å²) in [4.78, 5) is 27.9. The zero-order valence-corrected chi connectivity index (χ0v) is 21.9. The van der Waals surface area contributed by atoms with E-state index in [1.165, 1.54) is 12.1 Å². The van der Waals surface area contributed by atoms with Crippen LogP contribution in [0.1, 0.15) is 22.3 Å². The third-order valence-corrected chi connectivity index (χ3v) is 7.70. The van der Waals surface area contributed by atoms with Crippen LogP contribution in [0.25, 0.3) is 20.7 Å². The molecular weight excluding hydrogens is 487 g/mol. The Morgan fingerprint density at radius 3 is 2.76 bits per heavy atom. The Morgan fingerprint density at radius 1 is 1.11 bits per heavy atom. The highest BCUT2D eigenvalue weighted by molar-refractivity contribution is 7.22. The molecule has 37 heavy (non-hydrogen) atoms. The molecule has 2 aromatic heterocycles. The van der Waals surface area contributed by atoms with Crippen molar-refractivity contribution in [2.24, 2.45) is 0 Å². The minimum absolute atomic E-state index is 0.274. The van der Waals surface area contributed by atoms with Crippen LogP contribution in [0.5, 0.6) is 0 Å². The molecule has 1 aliphatic heterocycles. The summed E-state index contributed by atoms with van der Waals surface area (Å²) < 4.78 is 14.4. The highest BCUT2D eigenvalue weighted by atomic mass is 32.1. The number of likely N-dealkylation sites (N-methyl/N-ethyl adjacent to an activating group) is 1. The average molecular weight is 519 g/mol. The minimum Gasteiger partial charge on any atom is -0.354 e. The molecule has 0 bridgehead atoms. The number of aromatic nitrogens is 2. The van der Waals surface area contributed by atoms with Gasteiger partial charge >= 0.3 is 0 Å². The average Bonchev–Trinajstić information content (AvgIpc) is 3.32. The predicted molar refractivity (Wildman–Crippen MR) is 149 cm³/mol. The van der Waals surface area contributed by atoms with Gasteiger partial charge in [0.25, 0.3) is 5.91 Å². The van der Waals surface area contributed by atoms with E-state index >= 15 is 0 Å². The van der Waals surface area contributed by atoms with Crippen LogP contribution < -0.4 is 10.6 Å². The van der Waals surface area contributed by atoms with Gasteiger partial charge < -0.3 is 20.4 Å². The molecule has 1 saturated heterocycles.